The molecule has 2 aromatic carbocycles. The quantitative estimate of drug-likeness (QED) is 0.248. The maximum absolute atomic E-state index is 10.9. The van der Waals surface area contributed by atoms with Crippen LogP contribution in [0.3, 0.4) is 0 Å². The number of para-hydroxylation sites is 1. The zero-order valence-corrected chi connectivity index (χ0v) is 18.2. The van der Waals surface area contributed by atoms with Crippen LogP contribution in [-0.4, -0.2) is 28.9 Å². The van der Waals surface area contributed by atoms with Crippen molar-refractivity contribution in [3.05, 3.63) is 64.4 Å². The van der Waals surface area contributed by atoms with Crippen molar-refractivity contribution >= 4 is 61.2 Å². The van der Waals surface area contributed by atoms with Crippen LogP contribution in [0.1, 0.15) is 11.1 Å². The molecular weight excluding hydrogens is 470 g/mol. The van der Waals surface area contributed by atoms with E-state index in [0.717, 1.165) is 33.4 Å². The number of aromatic nitrogens is 4. The highest BCUT2D eigenvalue weighted by Crippen LogP contribution is 2.28. The smallest absolute Gasteiger partial charge is 0.232 e. The number of benzene rings is 2. The van der Waals surface area contributed by atoms with Gasteiger partial charge in [0.1, 0.15) is 5.82 Å². The highest BCUT2D eigenvalue weighted by molar-refractivity contribution is 9.10. The predicted molar refractivity (Wildman–Crippen MR) is 121 cm³/mol. The number of H-pyrrole nitrogens is 1. The van der Waals surface area contributed by atoms with E-state index >= 15 is 0 Å². The van der Waals surface area contributed by atoms with Crippen molar-refractivity contribution in [2.75, 3.05) is 10.6 Å². The Labute approximate surface area is 183 Å². The lowest BCUT2D eigenvalue weighted by Crippen LogP contribution is -2.16. The number of hydrogen-bond donors (Lipinski definition) is 5. The van der Waals surface area contributed by atoms with Crippen molar-refractivity contribution in [1.29, 1.82) is 0 Å². The Morgan fingerprint density at radius 2 is 2.03 bits per heavy atom. The maximum Gasteiger partial charge on any atom is 0.232 e. The van der Waals surface area contributed by atoms with E-state index in [1.54, 1.807) is 12.4 Å². The summed E-state index contributed by atoms with van der Waals surface area (Å²) in [6.45, 7) is 2.24. The van der Waals surface area contributed by atoms with E-state index in [4.69, 9.17) is 4.55 Å². The van der Waals surface area contributed by atoms with Crippen molar-refractivity contribution in [2.45, 2.75) is 13.5 Å². The number of aryl methyl sites for hydroxylation is 1. The molecule has 4 aromatic rings. The largest absolute Gasteiger partial charge is 0.339 e. The Kier molecular flexibility index (Phi) is 6.04. The molecule has 0 fully saturated rings. The van der Waals surface area contributed by atoms with E-state index in [2.05, 4.69) is 51.5 Å². The molecule has 0 saturated heterocycles. The minimum Gasteiger partial charge on any atom is -0.339 e. The number of nitrogens with one attached hydrogen (secondary N) is 4. The topological polar surface area (TPSA) is 128 Å². The van der Waals surface area contributed by atoms with E-state index in [1.807, 2.05) is 43.3 Å². The van der Waals surface area contributed by atoms with Crippen LogP contribution in [0.2, 0.25) is 0 Å². The standard InChI is InChI=1S/C19H18BrN7O2S/c1-11-6-13(7-17-14(11)9-22-27-17)24-19-21-10-15(20)18(26-19)25-16-5-3-2-4-12(16)8-23-30(28)29/h2-7,9-10,23H,8H2,1H3,(H,22,27)(H,28,29)(H2,21,24,25,26). The first kappa shape index (κ1) is 20.4. The van der Waals surface area contributed by atoms with Crippen LogP contribution in [0.4, 0.5) is 23.1 Å². The summed E-state index contributed by atoms with van der Waals surface area (Å²) in [5.41, 5.74) is 4.43. The first-order chi connectivity index (χ1) is 14.5. The molecule has 2 aromatic heterocycles. The molecule has 0 aliphatic heterocycles. The van der Waals surface area contributed by atoms with E-state index in [0.29, 0.717) is 16.2 Å². The van der Waals surface area contributed by atoms with Gasteiger partial charge in [-0.25, -0.2) is 13.9 Å². The highest BCUT2D eigenvalue weighted by atomic mass is 79.9. The van der Waals surface area contributed by atoms with Gasteiger partial charge in [-0.15, -0.1) is 0 Å². The third-order valence-electron chi connectivity index (χ3n) is 4.42. The number of hydrogen-bond acceptors (Lipinski definition) is 6. The fourth-order valence-corrected chi connectivity index (χ4v) is 3.58. The molecule has 0 radical (unpaired) electrons. The Morgan fingerprint density at radius 1 is 1.20 bits per heavy atom. The van der Waals surface area contributed by atoms with Gasteiger partial charge in [0, 0.05) is 29.5 Å². The monoisotopic (exact) mass is 487 g/mol. The van der Waals surface area contributed by atoms with Crippen molar-refractivity contribution in [2.24, 2.45) is 0 Å². The van der Waals surface area contributed by atoms with Gasteiger partial charge in [-0.1, -0.05) is 18.2 Å². The van der Waals surface area contributed by atoms with Gasteiger partial charge in [-0.05, 0) is 52.2 Å². The summed E-state index contributed by atoms with van der Waals surface area (Å²) in [7, 11) is 0. The van der Waals surface area contributed by atoms with E-state index in [1.165, 1.54) is 0 Å². The average molecular weight is 488 g/mol. The van der Waals surface area contributed by atoms with Gasteiger partial charge in [0.15, 0.2) is 0 Å². The molecule has 30 heavy (non-hydrogen) atoms. The molecule has 9 nitrogen and oxygen atoms in total. The normalized spacial score (nSPS) is 12.1. The van der Waals surface area contributed by atoms with E-state index in [-0.39, 0.29) is 6.54 Å². The zero-order valence-electron chi connectivity index (χ0n) is 15.8. The van der Waals surface area contributed by atoms with Gasteiger partial charge in [-0.3, -0.25) is 9.65 Å². The Bertz CT molecular complexity index is 1230. The Balaban J connectivity index is 1.58. The Morgan fingerprint density at radius 3 is 2.87 bits per heavy atom. The van der Waals surface area contributed by atoms with Crippen LogP contribution >= 0.6 is 15.9 Å². The van der Waals surface area contributed by atoms with Gasteiger partial charge in [0.25, 0.3) is 0 Å². The molecular formula is C19H18BrN7O2S. The predicted octanol–water partition coefficient (Wildman–Crippen LogP) is 4.14. The number of aromatic amines is 1. The van der Waals surface area contributed by atoms with Crippen LogP contribution in [0.5, 0.6) is 0 Å². The van der Waals surface area contributed by atoms with Gasteiger partial charge >= 0.3 is 0 Å². The number of fused-ring (bicyclic) bond motifs is 1. The third-order valence-corrected chi connectivity index (χ3v) is 5.39. The summed E-state index contributed by atoms with van der Waals surface area (Å²) in [4.78, 5) is 8.90. The van der Waals surface area contributed by atoms with E-state index in [9.17, 15) is 4.21 Å². The lowest BCUT2D eigenvalue weighted by molar-refractivity contribution is 0.549. The molecule has 0 aliphatic rings. The Hall–Kier alpha value is -2.86. The van der Waals surface area contributed by atoms with Crippen LogP contribution in [-0.2, 0) is 17.8 Å². The summed E-state index contributed by atoms with van der Waals surface area (Å²) in [5.74, 6) is 0.982. The summed E-state index contributed by atoms with van der Waals surface area (Å²) in [6, 6.07) is 11.4. The first-order valence-corrected chi connectivity index (χ1v) is 10.8. The minimum absolute atomic E-state index is 0.226. The second kappa shape index (κ2) is 8.88. The fraction of sp³-hybridized carbons (Fsp3) is 0.105. The number of anilines is 4. The summed E-state index contributed by atoms with van der Waals surface area (Å²) >= 11 is 1.38. The zero-order chi connectivity index (χ0) is 21.1. The van der Waals surface area contributed by atoms with Gasteiger partial charge in [0.2, 0.25) is 17.2 Å². The van der Waals surface area contributed by atoms with Crippen LogP contribution in [0.15, 0.2) is 53.3 Å². The minimum atomic E-state index is -2.09. The molecule has 1 unspecified atom stereocenters. The molecule has 0 saturated carbocycles. The fourth-order valence-electron chi connectivity index (χ4n) is 3.01. The molecule has 0 amide bonds. The molecule has 0 aliphatic carbocycles. The first-order valence-electron chi connectivity index (χ1n) is 8.92. The molecule has 0 spiro atoms. The molecule has 4 rings (SSSR count). The van der Waals surface area contributed by atoms with Crippen LogP contribution in [0, 0.1) is 6.92 Å². The summed E-state index contributed by atoms with van der Waals surface area (Å²) in [5, 5.41) is 14.6. The summed E-state index contributed by atoms with van der Waals surface area (Å²) < 4.78 is 23.1. The highest BCUT2D eigenvalue weighted by Gasteiger charge is 2.10. The second-order valence-corrected chi connectivity index (χ2v) is 8.13. The molecule has 11 heteroatoms. The van der Waals surface area contributed by atoms with Crippen molar-refractivity contribution < 1.29 is 8.76 Å². The maximum atomic E-state index is 10.9. The van der Waals surface area contributed by atoms with Gasteiger partial charge in [-0.2, -0.15) is 10.1 Å². The lowest BCUT2D eigenvalue weighted by atomic mass is 10.1. The average Bonchev–Trinajstić information content (AvgIpc) is 3.19. The SMILES string of the molecule is Cc1cc(Nc2ncc(Br)c(Nc3ccccc3CNS(=O)O)n2)cc2[nH]ncc12. The van der Waals surface area contributed by atoms with E-state index < -0.39 is 11.3 Å². The van der Waals surface area contributed by atoms with Crippen molar-refractivity contribution in [1.82, 2.24) is 24.9 Å². The molecule has 2 heterocycles. The molecule has 154 valence electrons. The van der Waals surface area contributed by atoms with Crippen LogP contribution in [0.25, 0.3) is 10.9 Å². The number of rotatable bonds is 7. The molecule has 0 bridgehead atoms. The third kappa shape index (κ3) is 4.65. The van der Waals surface area contributed by atoms with Crippen LogP contribution < -0.4 is 15.4 Å². The van der Waals surface area contributed by atoms with Gasteiger partial charge < -0.3 is 10.6 Å². The molecule has 1 atom stereocenters. The molecule has 5 N–H and O–H groups in total. The number of nitrogens with zero attached hydrogens (tertiary/aromatic N) is 3. The van der Waals surface area contributed by atoms with Crippen molar-refractivity contribution in [3.8, 4) is 0 Å². The lowest BCUT2D eigenvalue weighted by Gasteiger charge is -2.14. The number of halogens is 1. The second-order valence-electron chi connectivity index (χ2n) is 6.49. The van der Waals surface area contributed by atoms with Gasteiger partial charge in [0.05, 0.1) is 16.2 Å². The van der Waals surface area contributed by atoms with Crippen molar-refractivity contribution in [3.63, 3.8) is 0 Å². The summed E-state index contributed by atoms with van der Waals surface area (Å²) in [6.07, 6.45) is 3.45.